The van der Waals surface area contributed by atoms with Crippen LogP contribution < -0.4 is 10.0 Å². The van der Waals surface area contributed by atoms with Gasteiger partial charge in [0, 0.05) is 25.7 Å². The Morgan fingerprint density at radius 3 is 2.83 bits per heavy atom. The average Bonchev–Trinajstić information content (AvgIpc) is 2.57. The van der Waals surface area contributed by atoms with Crippen molar-refractivity contribution >= 4 is 10.2 Å². The molecule has 2 aliphatic rings. The highest BCUT2D eigenvalue weighted by Crippen LogP contribution is 2.18. The molecule has 2 heterocycles. The van der Waals surface area contributed by atoms with Gasteiger partial charge in [0.1, 0.15) is 0 Å². The quantitative estimate of drug-likeness (QED) is 0.797. The standard InChI is InChI=1S/C12H25N3O2S/c1-11-5-4-8-15(10-11)18(16,17)14-12-6-2-3-7-13-9-12/h11-14H,2-10H2,1H3. The van der Waals surface area contributed by atoms with E-state index in [9.17, 15) is 8.42 Å². The molecule has 18 heavy (non-hydrogen) atoms. The van der Waals surface area contributed by atoms with Crippen molar-refractivity contribution in [2.75, 3.05) is 26.2 Å². The molecule has 0 saturated carbocycles. The fourth-order valence-electron chi connectivity index (χ4n) is 2.77. The van der Waals surface area contributed by atoms with Crippen LogP contribution in [0.25, 0.3) is 0 Å². The third kappa shape index (κ3) is 3.91. The largest absolute Gasteiger partial charge is 0.315 e. The van der Waals surface area contributed by atoms with E-state index in [1.807, 2.05) is 0 Å². The van der Waals surface area contributed by atoms with Gasteiger partial charge >= 0.3 is 0 Å². The molecule has 0 aromatic heterocycles. The number of nitrogens with one attached hydrogen (secondary N) is 2. The summed E-state index contributed by atoms with van der Waals surface area (Å²) in [6, 6.07) is 0.0507. The molecule has 5 nitrogen and oxygen atoms in total. The van der Waals surface area contributed by atoms with Gasteiger partial charge in [-0.1, -0.05) is 13.3 Å². The molecule has 106 valence electrons. The second-order valence-corrected chi connectivity index (χ2v) is 7.33. The van der Waals surface area contributed by atoms with Crippen molar-refractivity contribution in [3.05, 3.63) is 0 Å². The van der Waals surface area contributed by atoms with Crippen LogP contribution >= 0.6 is 0 Å². The molecule has 0 radical (unpaired) electrons. The second kappa shape index (κ2) is 6.32. The van der Waals surface area contributed by atoms with Crippen LogP contribution in [0.1, 0.15) is 39.0 Å². The monoisotopic (exact) mass is 275 g/mol. The van der Waals surface area contributed by atoms with Crippen LogP contribution in [0.2, 0.25) is 0 Å². The van der Waals surface area contributed by atoms with Gasteiger partial charge in [0.15, 0.2) is 0 Å². The van der Waals surface area contributed by atoms with E-state index in [0.717, 1.165) is 45.2 Å². The van der Waals surface area contributed by atoms with Crippen LogP contribution in [-0.2, 0) is 10.2 Å². The average molecular weight is 275 g/mol. The molecule has 0 aromatic rings. The molecule has 2 N–H and O–H groups in total. The summed E-state index contributed by atoms with van der Waals surface area (Å²) < 4.78 is 29.1. The summed E-state index contributed by atoms with van der Waals surface area (Å²) in [6.45, 7) is 5.20. The predicted octanol–water partition coefficient (Wildman–Crippen LogP) is 0.695. The zero-order valence-corrected chi connectivity index (χ0v) is 12.0. The number of piperidine rings is 1. The first kappa shape index (κ1) is 14.2. The zero-order valence-electron chi connectivity index (χ0n) is 11.2. The van der Waals surface area contributed by atoms with Gasteiger partial charge in [-0.2, -0.15) is 17.4 Å². The minimum absolute atomic E-state index is 0.0507. The maximum Gasteiger partial charge on any atom is 0.279 e. The van der Waals surface area contributed by atoms with Gasteiger partial charge in [0.2, 0.25) is 0 Å². The lowest BCUT2D eigenvalue weighted by Crippen LogP contribution is -2.50. The van der Waals surface area contributed by atoms with Crippen molar-refractivity contribution in [3.8, 4) is 0 Å². The number of hydrogen-bond donors (Lipinski definition) is 2. The molecule has 0 spiro atoms. The Balaban J connectivity index is 1.93. The number of rotatable bonds is 3. The highest BCUT2D eigenvalue weighted by molar-refractivity contribution is 7.87. The molecule has 2 aliphatic heterocycles. The summed E-state index contributed by atoms with van der Waals surface area (Å²) in [6.07, 6.45) is 5.28. The van der Waals surface area contributed by atoms with Crippen LogP contribution in [0, 0.1) is 5.92 Å². The SMILES string of the molecule is CC1CCCN(S(=O)(=O)NC2CCCCNC2)C1. The Bertz CT molecular complexity index is 350. The van der Waals surface area contributed by atoms with Gasteiger partial charge in [-0.3, -0.25) is 0 Å². The summed E-state index contributed by atoms with van der Waals surface area (Å²) in [5.41, 5.74) is 0. The van der Waals surface area contributed by atoms with E-state index in [1.165, 1.54) is 0 Å². The van der Waals surface area contributed by atoms with E-state index in [-0.39, 0.29) is 6.04 Å². The molecule has 2 unspecified atom stereocenters. The molecule has 0 aromatic carbocycles. The zero-order chi connectivity index (χ0) is 13.0. The van der Waals surface area contributed by atoms with Crippen molar-refractivity contribution in [1.29, 1.82) is 0 Å². The minimum atomic E-state index is -3.29. The Labute approximate surface area is 110 Å². The van der Waals surface area contributed by atoms with E-state index >= 15 is 0 Å². The summed E-state index contributed by atoms with van der Waals surface area (Å²) in [5, 5.41) is 3.29. The van der Waals surface area contributed by atoms with Gasteiger partial charge in [-0.15, -0.1) is 0 Å². The van der Waals surface area contributed by atoms with Crippen molar-refractivity contribution in [2.24, 2.45) is 5.92 Å². The van der Waals surface area contributed by atoms with Crippen LogP contribution in [0.5, 0.6) is 0 Å². The first-order chi connectivity index (χ1) is 8.58. The molecule has 2 saturated heterocycles. The lowest BCUT2D eigenvalue weighted by atomic mass is 10.0. The molecule has 0 aliphatic carbocycles. The van der Waals surface area contributed by atoms with Crippen LogP contribution in [0.15, 0.2) is 0 Å². The molecule has 2 fully saturated rings. The van der Waals surface area contributed by atoms with E-state index in [1.54, 1.807) is 4.31 Å². The van der Waals surface area contributed by atoms with E-state index in [4.69, 9.17) is 0 Å². The van der Waals surface area contributed by atoms with Crippen molar-refractivity contribution in [1.82, 2.24) is 14.3 Å². The fraction of sp³-hybridized carbons (Fsp3) is 1.00. The van der Waals surface area contributed by atoms with E-state index < -0.39 is 10.2 Å². The molecule has 6 heteroatoms. The molecule has 0 bridgehead atoms. The third-order valence-corrected chi connectivity index (χ3v) is 5.46. The fourth-order valence-corrected chi connectivity index (χ4v) is 4.36. The first-order valence-corrected chi connectivity index (χ1v) is 8.50. The highest BCUT2D eigenvalue weighted by atomic mass is 32.2. The lowest BCUT2D eigenvalue weighted by Gasteiger charge is -2.31. The summed E-state index contributed by atoms with van der Waals surface area (Å²) in [7, 11) is -3.29. The van der Waals surface area contributed by atoms with Crippen LogP contribution in [-0.4, -0.2) is 44.9 Å². The van der Waals surface area contributed by atoms with Gasteiger partial charge < -0.3 is 5.32 Å². The normalized spacial score (nSPS) is 32.1. The number of hydrogen-bond acceptors (Lipinski definition) is 3. The van der Waals surface area contributed by atoms with Gasteiger partial charge in [0.05, 0.1) is 0 Å². The number of nitrogens with zero attached hydrogens (tertiary/aromatic N) is 1. The maximum atomic E-state index is 12.3. The van der Waals surface area contributed by atoms with Crippen molar-refractivity contribution < 1.29 is 8.42 Å². The van der Waals surface area contributed by atoms with Gasteiger partial charge in [-0.05, 0) is 38.1 Å². The second-order valence-electron chi connectivity index (χ2n) is 5.63. The summed E-state index contributed by atoms with van der Waals surface area (Å²) in [4.78, 5) is 0. The van der Waals surface area contributed by atoms with Crippen molar-refractivity contribution in [3.63, 3.8) is 0 Å². The van der Waals surface area contributed by atoms with Crippen LogP contribution in [0.4, 0.5) is 0 Å². The van der Waals surface area contributed by atoms with E-state index in [0.29, 0.717) is 19.0 Å². The molecular formula is C12H25N3O2S. The Hall–Kier alpha value is -0.170. The minimum Gasteiger partial charge on any atom is -0.315 e. The van der Waals surface area contributed by atoms with E-state index in [2.05, 4.69) is 17.0 Å². The van der Waals surface area contributed by atoms with Gasteiger partial charge in [0.25, 0.3) is 10.2 Å². The Kier molecular flexibility index (Phi) is 5.00. The van der Waals surface area contributed by atoms with Crippen LogP contribution in [0.3, 0.4) is 0 Å². The summed E-state index contributed by atoms with van der Waals surface area (Å²) in [5.74, 6) is 0.475. The molecular weight excluding hydrogens is 250 g/mol. The third-order valence-electron chi connectivity index (χ3n) is 3.82. The highest BCUT2D eigenvalue weighted by Gasteiger charge is 2.29. The molecule has 2 atom stereocenters. The topological polar surface area (TPSA) is 61.4 Å². The maximum absolute atomic E-state index is 12.3. The van der Waals surface area contributed by atoms with Gasteiger partial charge in [-0.25, -0.2) is 0 Å². The summed E-state index contributed by atoms with van der Waals surface area (Å²) >= 11 is 0. The predicted molar refractivity (Wildman–Crippen MR) is 72.5 cm³/mol. The Morgan fingerprint density at radius 2 is 2.06 bits per heavy atom. The lowest BCUT2D eigenvalue weighted by molar-refractivity contribution is 0.276. The Morgan fingerprint density at radius 1 is 1.22 bits per heavy atom. The smallest absolute Gasteiger partial charge is 0.279 e. The molecule has 2 rings (SSSR count). The molecule has 0 amide bonds. The first-order valence-electron chi connectivity index (χ1n) is 7.06. The van der Waals surface area contributed by atoms with Crippen molar-refractivity contribution in [2.45, 2.75) is 45.1 Å².